The Balaban J connectivity index is 1.91. The molecular weight excluding hydrogens is 463 g/mol. The number of piperidine rings is 1. The van der Waals surface area contributed by atoms with Crippen molar-refractivity contribution in [1.82, 2.24) is 4.57 Å². The molecule has 0 saturated carbocycles. The van der Waals surface area contributed by atoms with Crippen molar-refractivity contribution in [3.05, 3.63) is 63.7 Å². The molecule has 2 aromatic carbocycles. The predicted octanol–water partition coefficient (Wildman–Crippen LogP) is 5.52. The summed E-state index contributed by atoms with van der Waals surface area (Å²) in [6.45, 7) is 8.26. The molecule has 176 valence electrons. The summed E-state index contributed by atoms with van der Waals surface area (Å²) in [7, 11) is -4.10. The van der Waals surface area contributed by atoms with Crippen molar-refractivity contribution >= 4 is 38.0 Å². The lowest BCUT2D eigenvalue weighted by Crippen LogP contribution is -2.39. The van der Waals surface area contributed by atoms with Crippen molar-refractivity contribution in [1.29, 1.82) is 0 Å². The number of anilines is 1. The summed E-state index contributed by atoms with van der Waals surface area (Å²) in [4.78, 5) is 15.0. The van der Waals surface area contributed by atoms with Gasteiger partial charge in [-0.2, -0.15) is 0 Å². The molecule has 0 amide bonds. The van der Waals surface area contributed by atoms with Gasteiger partial charge >= 0.3 is 0 Å². The summed E-state index contributed by atoms with van der Waals surface area (Å²) in [6.07, 6.45) is 3.21. The van der Waals surface area contributed by atoms with Gasteiger partial charge in [-0.3, -0.25) is 4.79 Å². The zero-order valence-corrected chi connectivity index (χ0v) is 20.6. The van der Waals surface area contributed by atoms with Crippen molar-refractivity contribution in [3.8, 4) is 0 Å². The molecule has 33 heavy (non-hydrogen) atoms. The highest BCUT2D eigenvalue weighted by Crippen LogP contribution is 2.32. The van der Waals surface area contributed by atoms with Gasteiger partial charge < -0.3 is 9.47 Å². The van der Waals surface area contributed by atoms with Gasteiger partial charge in [0.1, 0.15) is 10.7 Å². The average Bonchev–Trinajstić information content (AvgIpc) is 2.75. The first-order valence-corrected chi connectivity index (χ1v) is 13.1. The summed E-state index contributed by atoms with van der Waals surface area (Å²) in [5.74, 6) is 0.368. The average molecular weight is 491 g/mol. The maximum Gasteiger partial charge on any atom is 0.211 e. The fourth-order valence-electron chi connectivity index (χ4n) is 4.83. The minimum Gasteiger partial charge on any atom is -0.369 e. The number of aromatic nitrogens is 1. The molecule has 2 heterocycles. The van der Waals surface area contributed by atoms with E-state index in [0.717, 1.165) is 25.9 Å². The van der Waals surface area contributed by atoms with Gasteiger partial charge in [0.05, 0.1) is 21.5 Å². The lowest BCUT2D eigenvalue weighted by molar-refractivity contribution is 0.354. The van der Waals surface area contributed by atoms with Crippen LogP contribution in [0.15, 0.2) is 57.2 Å². The van der Waals surface area contributed by atoms with Crippen LogP contribution in [0.25, 0.3) is 10.9 Å². The summed E-state index contributed by atoms with van der Waals surface area (Å²) < 4.78 is 43.6. The number of hydrogen-bond acceptors (Lipinski definition) is 4. The highest BCUT2D eigenvalue weighted by molar-refractivity contribution is 7.91. The van der Waals surface area contributed by atoms with E-state index in [1.807, 2.05) is 11.8 Å². The third kappa shape index (κ3) is 4.53. The lowest BCUT2D eigenvalue weighted by Gasteiger charge is -2.37. The van der Waals surface area contributed by atoms with Crippen molar-refractivity contribution in [3.63, 3.8) is 0 Å². The topological polar surface area (TPSA) is 59.4 Å². The molecular formula is C25H28ClFN2O3S. The Hall–Kier alpha value is -2.38. The number of aryl methyl sites for hydroxylation is 1. The molecule has 1 fully saturated rings. The second-order valence-electron chi connectivity index (χ2n) is 9.15. The quantitative estimate of drug-likeness (QED) is 0.472. The maximum atomic E-state index is 15.3. The van der Waals surface area contributed by atoms with Gasteiger partial charge in [0.25, 0.3) is 0 Å². The number of sulfone groups is 1. The van der Waals surface area contributed by atoms with Gasteiger partial charge in [-0.15, -0.1) is 0 Å². The molecule has 0 N–H and O–H groups in total. The van der Waals surface area contributed by atoms with E-state index < -0.39 is 21.1 Å². The van der Waals surface area contributed by atoms with Crippen LogP contribution in [0, 0.1) is 17.7 Å². The fourth-order valence-corrected chi connectivity index (χ4v) is 6.33. The largest absolute Gasteiger partial charge is 0.369 e. The van der Waals surface area contributed by atoms with E-state index in [2.05, 4.69) is 13.8 Å². The summed E-state index contributed by atoms with van der Waals surface area (Å²) >= 11 is 5.89. The molecule has 1 aliphatic heterocycles. The van der Waals surface area contributed by atoms with Crippen LogP contribution in [0.4, 0.5) is 10.1 Å². The van der Waals surface area contributed by atoms with Crippen LogP contribution >= 0.6 is 11.6 Å². The Morgan fingerprint density at radius 1 is 1.09 bits per heavy atom. The zero-order valence-electron chi connectivity index (χ0n) is 19.0. The number of hydrogen-bond donors (Lipinski definition) is 0. The maximum absolute atomic E-state index is 15.3. The zero-order chi connectivity index (χ0) is 23.9. The highest BCUT2D eigenvalue weighted by atomic mass is 35.5. The first kappa shape index (κ1) is 23.8. The molecule has 0 spiro atoms. The monoisotopic (exact) mass is 490 g/mol. The molecule has 0 radical (unpaired) electrons. The van der Waals surface area contributed by atoms with Gasteiger partial charge in [0.2, 0.25) is 15.3 Å². The molecule has 1 aromatic heterocycles. The summed E-state index contributed by atoms with van der Waals surface area (Å²) in [5.41, 5.74) is 0.302. The molecule has 1 saturated heterocycles. The summed E-state index contributed by atoms with van der Waals surface area (Å²) in [6, 6.07) is 8.57. The molecule has 1 aliphatic rings. The van der Waals surface area contributed by atoms with Gasteiger partial charge in [0, 0.05) is 30.9 Å². The van der Waals surface area contributed by atoms with Crippen molar-refractivity contribution in [2.24, 2.45) is 11.8 Å². The Morgan fingerprint density at radius 3 is 2.33 bits per heavy atom. The van der Waals surface area contributed by atoms with E-state index >= 15 is 4.39 Å². The van der Waals surface area contributed by atoms with E-state index in [1.54, 1.807) is 10.6 Å². The number of benzene rings is 2. The predicted molar refractivity (Wildman–Crippen MR) is 131 cm³/mol. The minimum absolute atomic E-state index is 0.0280. The van der Waals surface area contributed by atoms with Gasteiger partial charge in [-0.05, 0) is 61.1 Å². The minimum atomic E-state index is -4.10. The van der Waals surface area contributed by atoms with E-state index in [9.17, 15) is 13.2 Å². The van der Waals surface area contributed by atoms with Gasteiger partial charge in [0.15, 0.2) is 0 Å². The molecule has 0 bridgehead atoms. The first-order chi connectivity index (χ1) is 15.6. The van der Waals surface area contributed by atoms with E-state index in [-0.39, 0.29) is 15.2 Å². The van der Waals surface area contributed by atoms with E-state index in [4.69, 9.17) is 11.6 Å². The smallest absolute Gasteiger partial charge is 0.211 e. The van der Waals surface area contributed by atoms with Crippen molar-refractivity contribution in [2.45, 2.75) is 49.9 Å². The lowest BCUT2D eigenvalue weighted by atomic mass is 9.91. The molecule has 2 atom stereocenters. The van der Waals surface area contributed by atoms with Crippen LogP contribution < -0.4 is 10.3 Å². The van der Waals surface area contributed by atoms with Gasteiger partial charge in [-0.25, -0.2) is 12.8 Å². The number of fused-ring (bicyclic) bond motifs is 1. The van der Waals surface area contributed by atoms with Crippen LogP contribution in [0.5, 0.6) is 0 Å². The third-order valence-electron chi connectivity index (χ3n) is 6.20. The third-order valence-corrected chi connectivity index (χ3v) is 8.22. The molecule has 3 aromatic rings. The molecule has 0 aliphatic carbocycles. The molecule has 0 unspecified atom stereocenters. The van der Waals surface area contributed by atoms with Crippen molar-refractivity contribution < 1.29 is 12.8 Å². The SMILES string of the molecule is CCCn1cc(S(=O)(=O)c2ccc(Cl)cc2)c(=O)c2cc(F)c(N3C[C@H](C)C[C@H](C)C3)cc21. The molecule has 8 heteroatoms. The molecule has 5 nitrogen and oxygen atoms in total. The Labute approximate surface area is 198 Å². The standard InChI is InChI=1S/C25H28ClFN2O3S/c1-4-9-28-15-24(33(31,32)19-7-5-18(26)6-8-19)25(30)20-11-21(27)23(12-22(20)28)29-13-16(2)10-17(3)14-29/h5-8,11-12,15-17H,4,9-10,13-14H2,1-3H3/t16-,17+. The Morgan fingerprint density at radius 2 is 1.73 bits per heavy atom. The van der Waals surface area contributed by atoms with Crippen LogP contribution in [0.3, 0.4) is 0 Å². The van der Waals surface area contributed by atoms with Crippen LogP contribution in [0.1, 0.15) is 33.6 Å². The first-order valence-electron chi connectivity index (χ1n) is 11.2. The molecule has 4 rings (SSSR count). The number of rotatable bonds is 5. The second-order valence-corrected chi connectivity index (χ2v) is 11.5. The van der Waals surface area contributed by atoms with E-state index in [0.29, 0.717) is 34.6 Å². The Kier molecular flexibility index (Phi) is 6.56. The summed E-state index contributed by atoms with van der Waals surface area (Å²) in [5, 5.41) is 0.463. The van der Waals surface area contributed by atoms with Gasteiger partial charge in [-0.1, -0.05) is 32.4 Å². The fraction of sp³-hybridized carbons (Fsp3) is 0.400. The number of halogens is 2. The Bertz CT molecular complexity index is 1340. The normalized spacial score (nSPS) is 19.2. The number of nitrogens with zero attached hydrogens (tertiary/aromatic N) is 2. The van der Waals surface area contributed by atoms with E-state index in [1.165, 1.54) is 36.5 Å². The van der Waals surface area contributed by atoms with Crippen LogP contribution in [0.2, 0.25) is 5.02 Å². The van der Waals surface area contributed by atoms with Crippen LogP contribution in [-0.2, 0) is 16.4 Å². The number of pyridine rings is 1. The highest BCUT2D eigenvalue weighted by Gasteiger charge is 2.27. The second kappa shape index (κ2) is 9.11. The van der Waals surface area contributed by atoms with Crippen molar-refractivity contribution in [2.75, 3.05) is 18.0 Å². The van der Waals surface area contributed by atoms with Crippen LogP contribution in [-0.4, -0.2) is 26.1 Å².